The second-order valence-corrected chi connectivity index (χ2v) is 3.85. The fraction of sp³-hybridized carbons (Fsp3) is 0.250. The fourth-order valence-corrected chi connectivity index (χ4v) is 1.34. The van der Waals surface area contributed by atoms with Crippen LogP contribution in [0.15, 0.2) is 24.3 Å². The maximum absolute atomic E-state index is 11.9. The lowest BCUT2D eigenvalue weighted by atomic mass is 10.3. The van der Waals surface area contributed by atoms with Crippen molar-refractivity contribution in [2.75, 3.05) is 17.1 Å². The summed E-state index contributed by atoms with van der Waals surface area (Å²) in [5.74, 6) is 0. The molecule has 3 nitrogen and oxygen atoms in total. The lowest BCUT2D eigenvalue weighted by molar-refractivity contribution is -0.0428. The molecule has 0 radical (unpaired) electrons. The van der Waals surface area contributed by atoms with Crippen LogP contribution < -0.4 is 10.0 Å². The molecule has 0 fully saturated rings. The van der Waals surface area contributed by atoms with Crippen LogP contribution in [0.2, 0.25) is 0 Å². The summed E-state index contributed by atoms with van der Waals surface area (Å²) in [5, 5.41) is 2.81. The molecule has 0 spiro atoms. The van der Waals surface area contributed by atoms with Crippen molar-refractivity contribution in [1.29, 1.82) is 0 Å². The number of alkyl halides is 3. The van der Waals surface area contributed by atoms with Crippen LogP contribution >= 0.6 is 0 Å². The summed E-state index contributed by atoms with van der Waals surface area (Å²) < 4.78 is 48.2. The summed E-state index contributed by atoms with van der Waals surface area (Å²) in [6.07, 6.45) is 0. The predicted octanol–water partition coefficient (Wildman–Crippen LogP) is 2.32. The van der Waals surface area contributed by atoms with Crippen molar-refractivity contribution in [3.63, 3.8) is 0 Å². The minimum absolute atomic E-state index is 0.157. The van der Waals surface area contributed by atoms with Crippen molar-refractivity contribution in [3.05, 3.63) is 24.3 Å². The molecule has 2 N–H and O–H groups in total. The first-order valence-electron chi connectivity index (χ1n) is 3.96. The quantitative estimate of drug-likeness (QED) is 0.794. The van der Waals surface area contributed by atoms with Gasteiger partial charge < -0.3 is 9.87 Å². The van der Waals surface area contributed by atoms with E-state index in [2.05, 4.69) is 5.32 Å². The van der Waals surface area contributed by atoms with Gasteiger partial charge >= 0.3 is 5.51 Å². The number of benzene rings is 1. The van der Waals surface area contributed by atoms with E-state index in [9.17, 15) is 17.7 Å². The average molecular weight is 238 g/mol. The Balaban J connectivity index is 2.65. The van der Waals surface area contributed by atoms with E-state index < -0.39 is 16.9 Å². The van der Waals surface area contributed by atoms with Gasteiger partial charge in [-0.2, -0.15) is 0 Å². The first-order valence-corrected chi connectivity index (χ1v) is 5.11. The maximum atomic E-state index is 11.9. The first-order chi connectivity index (χ1) is 6.93. The highest BCUT2D eigenvalue weighted by Gasteiger charge is 2.45. The van der Waals surface area contributed by atoms with E-state index in [0.717, 1.165) is 5.69 Å². The van der Waals surface area contributed by atoms with Crippen molar-refractivity contribution in [3.8, 4) is 0 Å². The molecule has 0 bridgehead atoms. The Morgan fingerprint density at radius 2 is 1.60 bits per heavy atom. The molecule has 1 aromatic carbocycles. The van der Waals surface area contributed by atoms with Crippen molar-refractivity contribution >= 4 is 22.7 Å². The van der Waals surface area contributed by atoms with Gasteiger partial charge in [0.1, 0.15) is 0 Å². The Morgan fingerprint density at radius 3 is 2.00 bits per heavy atom. The Kier molecular flexibility index (Phi) is 3.70. The highest BCUT2D eigenvalue weighted by molar-refractivity contribution is 7.93. The SMILES string of the molecule is CNc1ccc(N[S+]([O-])C(F)(F)F)cc1. The van der Waals surface area contributed by atoms with E-state index in [0.29, 0.717) is 0 Å². The molecule has 0 aliphatic heterocycles. The van der Waals surface area contributed by atoms with E-state index in [4.69, 9.17) is 0 Å². The zero-order valence-corrected chi connectivity index (χ0v) is 8.58. The summed E-state index contributed by atoms with van der Waals surface area (Å²) >= 11 is -3.07. The van der Waals surface area contributed by atoms with Crippen LogP contribution in [0.25, 0.3) is 0 Å². The monoisotopic (exact) mass is 238 g/mol. The van der Waals surface area contributed by atoms with Gasteiger partial charge in [0.2, 0.25) is 0 Å². The molecule has 1 unspecified atom stereocenters. The topological polar surface area (TPSA) is 47.1 Å². The number of nitrogens with one attached hydrogen (secondary N) is 2. The van der Waals surface area contributed by atoms with Gasteiger partial charge in [0.15, 0.2) is 11.4 Å². The summed E-state index contributed by atoms with van der Waals surface area (Å²) in [5.41, 5.74) is -3.83. The molecule has 84 valence electrons. The molecule has 0 heterocycles. The maximum Gasteiger partial charge on any atom is 0.598 e. The highest BCUT2D eigenvalue weighted by Crippen LogP contribution is 2.25. The van der Waals surface area contributed by atoms with Gasteiger partial charge in [-0.05, 0) is 24.3 Å². The molecule has 1 aromatic rings. The molecule has 1 atom stereocenters. The summed E-state index contributed by atoms with van der Waals surface area (Å²) in [7, 11) is 1.69. The second kappa shape index (κ2) is 4.63. The lowest BCUT2D eigenvalue weighted by Gasteiger charge is -2.13. The molecule has 0 saturated heterocycles. The van der Waals surface area contributed by atoms with E-state index in [1.807, 2.05) is 4.72 Å². The largest absolute Gasteiger partial charge is 0.598 e. The molecular weight excluding hydrogens is 229 g/mol. The van der Waals surface area contributed by atoms with Crippen LogP contribution in [-0.2, 0) is 11.4 Å². The third kappa shape index (κ3) is 3.52. The molecule has 0 aromatic heterocycles. The fourth-order valence-electron chi connectivity index (χ4n) is 0.870. The van der Waals surface area contributed by atoms with Gasteiger partial charge in [-0.1, -0.05) is 0 Å². The van der Waals surface area contributed by atoms with E-state index in [1.165, 1.54) is 12.1 Å². The minimum Gasteiger partial charge on any atom is -0.586 e. The van der Waals surface area contributed by atoms with E-state index >= 15 is 0 Å². The van der Waals surface area contributed by atoms with Gasteiger partial charge in [0.25, 0.3) is 0 Å². The molecule has 0 amide bonds. The number of anilines is 2. The van der Waals surface area contributed by atoms with Crippen molar-refractivity contribution in [1.82, 2.24) is 0 Å². The summed E-state index contributed by atoms with van der Waals surface area (Å²) in [6.45, 7) is 0. The molecule has 0 aliphatic rings. The third-order valence-corrected chi connectivity index (χ3v) is 2.44. The van der Waals surface area contributed by atoms with E-state index in [-0.39, 0.29) is 5.69 Å². The van der Waals surface area contributed by atoms with Crippen LogP contribution in [0, 0.1) is 0 Å². The standard InChI is InChI=1S/C8H9F3N2OS/c1-12-6-2-4-7(5-3-6)13-15(14)8(9,10)11/h2-5,12-13H,1H3. The Hall–Kier alpha value is -1.08. The zero-order valence-electron chi connectivity index (χ0n) is 7.76. The van der Waals surface area contributed by atoms with E-state index in [1.54, 1.807) is 19.2 Å². The van der Waals surface area contributed by atoms with Crippen LogP contribution in [-0.4, -0.2) is 17.1 Å². The molecular formula is C8H9F3N2OS. The number of hydrogen-bond acceptors (Lipinski definition) is 3. The van der Waals surface area contributed by atoms with Crippen molar-refractivity contribution in [2.45, 2.75) is 5.51 Å². The normalized spacial score (nSPS) is 13.4. The van der Waals surface area contributed by atoms with Gasteiger partial charge in [-0.3, -0.25) is 0 Å². The number of halogens is 3. The highest BCUT2D eigenvalue weighted by atomic mass is 32.2. The van der Waals surface area contributed by atoms with Gasteiger partial charge in [-0.25, -0.2) is 4.72 Å². The van der Waals surface area contributed by atoms with Crippen LogP contribution in [0.3, 0.4) is 0 Å². The first kappa shape index (κ1) is 12.0. The van der Waals surface area contributed by atoms with Gasteiger partial charge in [-0.15, -0.1) is 13.2 Å². The van der Waals surface area contributed by atoms with Crippen LogP contribution in [0.5, 0.6) is 0 Å². The van der Waals surface area contributed by atoms with Crippen molar-refractivity contribution < 1.29 is 17.7 Å². The average Bonchev–Trinajstić information content (AvgIpc) is 2.17. The third-order valence-electron chi connectivity index (χ3n) is 1.59. The Labute approximate surface area is 88.0 Å². The molecule has 0 aliphatic carbocycles. The number of hydrogen-bond donors (Lipinski definition) is 2. The van der Waals surface area contributed by atoms with Crippen LogP contribution in [0.4, 0.5) is 24.5 Å². The van der Waals surface area contributed by atoms with Crippen LogP contribution in [0.1, 0.15) is 0 Å². The molecule has 1 rings (SSSR count). The lowest BCUT2D eigenvalue weighted by Crippen LogP contribution is -2.29. The molecule has 7 heteroatoms. The second-order valence-electron chi connectivity index (χ2n) is 2.64. The van der Waals surface area contributed by atoms with Gasteiger partial charge in [0.05, 0.1) is 5.69 Å². The predicted molar refractivity (Wildman–Crippen MR) is 53.8 cm³/mol. The molecule has 0 saturated carbocycles. The van der Waals surface area contributed by atoms with Gasteiger partial charge in [0, 0.05) is 12.7 Å². The summed E-state index contributed by atoms with van der Waals surface area (Å²) in [4.78, 5) is 0. The zero-order chi connectivity index (χ0) is 11.5. The Bertz CT molecular complexity index is 315. The smallest absolute Gasteiger partial charge is 0.586 e. The van der Waals surface area contributed by atoms with Crippen molar-refractivity contribution in [2.24, 2.45) is 0 Å². The Morgan fingerprint density at radius 1 is 1.13 bits per heavy atom. The summed E-state index contributed by atoms with van der Waals surface area (Å²) in [6, 6.07) is 5.98. The minimum atomic E-state index is -4.75. The number of rotatable bonds is 3. The molecule has 15 heavy (non-hydrogen) atoms.